The van der Waals surface area contributed by atoms with Crippen molar-refractivity contribution in [2.24, 2.45) is 5.92 Å². The molecule has 0 spiro atoms. The minimum atomic E-state index is 0.739. The summed E-state index contributed by atoms with van der Waals surface area (Å²) in [5, 5.41) is 11.6. The summed E-state index contributed by atoms with van der Waals surface area (Å²) >= 11 is 0. The second-order valence-electron chi connectivity index (χ2n) is 4.63. The molecular weight excluding hydrogens is 212 g/mol. The third-order valence-corrected chi connectivity index (χ3v) is 3.13. The van der Waals surface area contributed by atoms with Gasteiger partial charge in [-0.3, -0.25) is 4.68 Å². The van der Waals surface area contributed by atoms with Crippen LogP contribution in [0.15, 0.2) is 6.20 Å². The fourth-order valence-corrected chi connectivity index (χ4v) is 1.94. The van der Waals surface area contributed by atoms with Gasteiger partial charge >= 0.3 is 0 Å². The maximum absolute atomic E-state index is 4.19. The predicted molar refractivity (Wildman–Crippen MR) is 70.7 cm³/mol. The van der Waals surface area contributed by atoms with E-state index >= 15 is 0 Å². The molecule has 0 aliphatic rings. The monoisotopic (exact) mass is 238 g/mol. The van der Waals surface area contributed by atoms with E-state index in [1.807, 2.05) is 4.68 Å². The molecule has 1 N–H and O–H groups in total. The van der Waals surface area contributed by atoms with Crippen LogP contribution in [0.2, 0.25) is 0 Å². The molecule has 1 heterocycles. The SMILES string of the molecule is CCCCC(CC)Cn1cc(CNCC)nn1. The highest BCUT2D eigenvalue weighted by Gasteiger charge is 2.08. The molecule has 0 radical (unpaired) electrons. The molecule has 1 aromatic heterocycles. The number of nitrogens with one attached hydrogen (secondary N) is 1. The summed E-state index contributed by atoms with van der Waals surface area (Å²) in [5.41, 5.74) is 1.04. The summed E-state index contributed by atoms with van der Waals surface area (Å²) < 4.78 is 2.00. The zero-order chi connectivity index (χ0) is 12.5. The Kier molecular flexibility index (Phi) is 6.86. The first-order valence-electron chi connectivity index (χ1n) is 6.89. The maximum atomic E-state index is 4.19. The molecule has 1 rings (SSSR count). The molecule has 0 saturated carbocycles. The number of rotatable bonds is 9. The molecule has 4 nitrogen and oxygen atoms in total. The average molecular weight is 238 g/mol. The molecule has 98 valence electrons. The predicted octanol–water partition coefficient (Wildman–Crippen LogP) is 2.60. The van der Waals surface area contributed by atoms with Crippen molar-refractivity contribution in [3.05, 3.63) is 11.9 Å². The molecule has 1 unspecified atom stereocenters. The molecule has 0 fully saturated rings. The van der Waals surface area contributed by atoms with Crippen molar-refractivity contribution < 1.29 is 0 Å². The standard InChI is InChI=1S/C13H26N4/c1-4-7-8-12(5-2)10-17-11-13(15-16-17)9-14-6-3/h11-12,14H,4-10H2,1-3H3. The zero-order valence-electron chi connectivity index (χ0n) is 11.4. The maximum Gasteiger partial charge on any atom is 0.0964 e. The summed E-state index contributed by atoms with van der Waals surface area (Å²) in [7, 11) is 0. The van der Waals surface area contributed by atoms with Crippen molar-refractivity contribution in [1.29, 1.82) is 0 Å². The lowest BCUT2D eigenvalue weighted by atomic mass is 9.99. The molecule has 4 heteroatoms. The van der Waals surface area contributed by atoms with Crippen molar-refractivity contribution in [1.82, 2.24) is 20.3 Å². The van der Waals surface area contributed by atoms with Crippen LogP contribution in [0.5, 0.6) is 0 Å². The van der Waals surface area contributed by atoms with Crippen LogP contribution >= 0.6 is 0 Å². The minimum Gasteiger partial charge on any atom is -0.311 e. The van der Waals surface area contributed by atoms with Crippen LogP contribution in [0.3, 0.4) is 0 Å². The smallest absolute Gasteiger partial charge is 0.0964 e. The lowest BCUT2D eigenvalue weighted by Crippen LogP contribution is -2.12. The van der Waals surface area contributed by atoms with Crippen molar-refractivity contribution in [3.63, 3.8) is 0 Å². The van der Waals surface area contributed by atoms with Crippen molar-refractivity contribution in [2.75, 3.05) is 6.54 Å². The van der Waals surface area contributed by atoms with Crippen LogP contribution in [0, 0.1) is 5.92 Å². The summed E-state index contributed by atoms with van der Waals surface area (Å²) in [6.07, 6.45) is 7.19. The zero-order valence-corrected chi connectivity index (χ0v) is 11.4. The van der Waals surface area contributed by atoms with E-state index in [2.05, 4.69) is 42.6 Å². The van der Waals surface area contributed by atoms with Gasteiger partial charge in [-0.2, -0.15) is 0 Å². The Morgan fingerprint density at radius 3 is 2.82 bits per heavy atom. The van der Waals surface area contributed by atoms with Gasteiger partial charge < -0.3 is 5.32 Å². The van der Waals surface area contributed by atoms with E-state index in [4.69, 9.17) is 0 Å². The van der Waals surface area contributed by atoms with Crippen LogP contribution in [-0.2, 0) is 13.1 Å². The summed E-state index contributed by atoms with van der Waals surface area (Å²) in [5.74, 6) is 0.739. The first kappa shape index (κ1) is 14.2. The summed E-state index contributed by atoms with van der Waals surface area (Å²) in [6, 6.07) is 0. The van der Waals surface area contributed by atoms with Crippen molar-refractivity contribution >= 4 is 0 Å². The van der Waals surface area contributed by atoms with Gasteiger partial charge in [0.1, 0.15) is 0 Å². The third kappa shape index (κ3) is 5.31. The number of nitrogens with zero attached hydrogens (tertiary/aromatic N) is 3. The molecule has 0 aromatic carbocycles. The lowest BCUT2D eigenvalue weighted by molar-refractivity contribution is 0.368. The largest absolute Gasteiger partial charge is 0.311 e. The summed E-state index contributed by atoms with van der Waals surface area (Å²) in [6.45, 7) is 9.41. The summed E-state index contributed by atoms with van der Waals surface area (Å²) in [4.78, 5) is 0. The molecule has 1 aromatic rings. The van der Waals surface area contributed by atoms with E-state index in [9.17, 15) is 0 Å². The molecular formula is C13H26N4. The van der Waals surface area contributed by atoms with Crippen LogP contribution in [0.1, 0.15) is 52.1 Å². The average Bonchev–Trinajstić information content (AvgIpc) is 2.79. The normalized spacial score (nSPS) is 12.9. The number of hydrogen-bond donors (Lipinski definition) is 1. The first-order valence-corrected chi connectivity index (χ1v) is 6.89. The van der Waals surface area contributed by atoms with Gasteiger partial charge in [0.25, 0.3) is 0 Å². The van der Waals surface area contributed by atoms with E-state index in [-0.39, 0.29) is 0 Å². The minimum absolute atomic E-state index is 0.739. The Bertz CT molecular complexity index is 295. The molecule has 1 atom stereocenters. The topological polar surface area (TPSA) is 42.7 Å². The van der Waals surface area contributed by atoms with Gasteiger partial charge in [-0.1, -0.05) is 45.2 Å². The Balaban J connectivity index is 2.40. The number of hydrogen-bond acceptors (Lipinski definition) is 3. The van der Waals surface area contributed by atoms with Crippen LogP contribution in [-0.4, -0.2) is 21.5 Å². The van der Waals surface area contributed by atoms with Gasteiger partial charge in [0.2, 0.25) is 0 Å². The quantitative estimate of drug-likeness (QED) is 0.719. The highest BCUT2D eigenvalue weighted by Crippen LogP contribution is 2.14. The Hall–Kier alpha value is -0.900. The van der Waals surface area contributed by atoms with Crippen molar-refractivity contribution in [2.45, 2.75) is 59.5 Å². The van der Waals surface area contributed by atoms with Crippen LogP contribution < -0.4 is 5.32 Å². The van der Waals surface area contributed by atoms with Gasteiger partial charge in [-0.25, -0.2) is 0 Å². The van der Waals surface area contributed by atoms with Gasteiger partial charge in [0.05, 0.1) is 5.69 Å². The van der Waals surface area contributed by atoms with Gasteiger partial charge in [0, 0.05) is 19.3 Å². The number of unbranched alkanes of at least 4 members (excludes halogenated alkanes) is 1. The molecule has 0 saturated heterocycles. The Morgan fingerprint density at radius 2 is 2.18 bits per heavy atom. The highest BCUT2D eigenvalue weighted by atomic mass is 15.4. The second-order valence-corrected chi connectivity index (χ2v) is 4.63. The number of aromatic nitrogens is 3. The molecule has 0 aliphatic heterocycles. The van der Waals surface area contributed by atoms with Crippen molar-refractivity contribution in [3.8, 4) is 0 Å². The Morgan fingerprint density at radius 1 is 1.35 bits per heavy atom. The first-order chi connectivity index (χ1) is 8.30. The van der Waals surface area contributed by atoms with E-state index in [1.54, 1.807) is 0 Å². The van der Waals surface area contributed by atoms with E-state index in [0.717, 1.165) is 31.2 Å². The Labute approximate surface area is 105 Å². The molecule has 0 aliphatic carbocycles. The fourth-order valence-electron chi connectivity index (χ4n) is 1.94. The van der Waals surface area contributed by atoms with Gasteiger partial charge in [-0.15, -0.1) is 5.10 Å². The van der Waals surface area contributed by atoms with Gasteiger partial charge in [0.15, 0.2) is 0 Å². The van der Waals surface area contributed by atoms with E-state index < -0.39 is 0 Å². The second kappa shape index (κ2) is 8.23. The molecule has 0 bridgehead atoms. The molecule has 0 amide bonds. The van der Waals surface area contributed by atoms with Crippen LogP contribution in [0.4, 0.5) is 0 Å². The van der Waals surface area contributed by atoms with Gasteiger partial charge in [-0.05, 0) is 18.9 Å². The van der Waals surface area contributed by atoms with E-state index in [0.29, 0.717) is 0 Å². The molecule has 17 heavy (non-hydrogen) atoms. The lowest BCUT2D eigenvalue weighted by Gasteiger charge is -2.13. The van der Waals surface area contributed by atoms with E-state index in [1.165, 1.54) is 25.7 Å². The van der Waals surface area contributed by atoms with Crippen LogP contribution in [0.25, 0.3) is 0 Å². The highest BCUT2D eigenvalue weighted by molar-refractivity contribution is 4.91. The fraction of sp³-hybridized carbons (Fsp3) is 0.846. The third-order valence-electron chi connectivity index (χ3n) is 3.13.